The number of rotatable bonds is 2. The van der Waals surface area contributed by atoms with E-state index in [2.05, 4.69) is 6.92 Å². The Labute approximate surface area is 102 Å². The van der Waals surface area contributed by atoms with Crippen LogP contribution in [0.25, 0.3) is 0 Å². The van der Waals surface area contributed by atoms with Crippen molar-refractivity contribution >= 4 is 11.8 Å². The summed E-state index contributed by atoms with van der Waals surface area (Å²) in [6.07, 6.45) is 4.76. The van der Waals surface area contributed by atoms with Gasteiger partial charge in [0.1, 0.15) is 0 Å². The Morgan fingerprint density at radius 1 is 1.24 bits per heavy atom. The molecule has 0 aromatic carbocycles. The maximum Gasteiger partial charge on any atom is 0.233 e. The molecule has 1 heterocycles. The maximum absolute atomic E-state index is 12.2. The van der Waals surface area contributed by atoms with E-state index in [0.717, 1.165) is 32.1 Å². The van der Waals surface area contributed by atoms with Crippen molar-refractivity contribution in [2.45, 2.75) is 44.6 Å². The highest BCUT2D eigenvalue weighted by atomic mass is 16.2. The van der Waals surface area contributed by atoms with E-state index in [1.165, 1.54) is 4.90 Å². The van der Waals surface area contributed by atoms with Crippen LogP contribution in [-0.4, -0.2) is 28.8 Å². The number of nitrogens with zero attached hydrogens (tertiary/aromatic N) is 1. The highest BCUT2D eigenvalue weighted by molar-refractivity contribution is 6.05. The summed E-state index contributed by atoms with van der Waals surface area (Å²) in [5, 5.41) is 0. The number of imide groups is 1. The van der Waals surface area contributed by atoms with Crippen molar-refractivity contribution in [3.8, 4) is 0 Å². The molecular formula is C13H20N2O2. The molecule has 0 spiro atoms. The van der Waals surface area contributed by atoms with Gasteiger partial charge in [0.25, 0.3) is 0 Å². The molecule has 17 heavy (non-hydrogen) atoms. The van der Waals surface area contributed by atoms with Crippen LogP contribution in [0.3, 0.4) is 0 Å². The fourth-order valence-corrected chi connectivity index (χ4v) is 3.61. The van der Waals surface area contributed by atoms with E-state index in [4.69, 9.17) is 5.73 Å². The minimum atomic E-state index is -0.282. The van der Waals surface area contributed by atoms with Gasteiger partial charge in [-0.25, -0.2) is 0 Å². The fraction of sp³-hybridized carbons (Fsp3) is 0.846. The van der Waals surface area contributed by atoms with Crippen LogP contribution >= 0.6 is 0 Å². The summed E-state index contributed by atoms with van der Waals surface area (Å²) in [6.45, 7) is 2.58. The van der Waals surface area contributed by atoms with Crippen molar-refractivity contribution in [2.75, 3.05) is 6.54 Å². The molecule has 1 saturated heterocycles. The number of carbonyl (C=O) groups is 2. The minimum Gasteiger partial charge on any atom is -0.324 e. The number of carbonyl (C=O) groups excluding carboxylic acids is 2. The Morgan fingerprint density at radius 3 is 2.18 bits per heavy atom. The van der Waals surface area contributed by atoms with Crippen LogP contribution in [0.1, 0.15) is 39.0 Å². The molecular weight excluding hydrogens is 216 g/mol. The topological polar surface area (TPSA) is 63.4 Å². The number of fused-ring (bicyclic) bond motifs is 1. The second-order valence-electron chi connectivity index (χ2n) is 6.27. The van der Waals surface area contributed by atoms with Crippen LogP contribution in [0, 0.1) is 17.8 Å². The summed E-state index contributed by atoms with van der Waals surface area (Å²) >= 11 is 0. The SMILES string of the molecule is CC1CC2C(=O)N(CC3(N)CCC3)C(=O)C2C1. The third kappa shape index (κ3) is 1.61. The molecule has 0 radical (unpaired) electrons. The van der Waals surface area contributed by atoms with Crippen molar-refractivity contribution in [1.82, 2.24) is 4.90 Å². The third-order valence-corrected chi connectivity index (χ3v) is 4.79. The zero-order valence-electron chi connectivity index (χ0n) is 10.3. The van der Waals surface area contributed by atoms with Gasteiger partial charge in [0.2, 0.25) is 11.8 Å². The molecule has 1 aliphatic heterocycles. The van der Waals surface area contributed by atoms with Crippen LogP contribution in [0.2, 0.25) is 0 Å². The van der Waals surface area contributed by atoms with Gasteiger partial charge < -0.3 is 5.73 Å². The monoisotopic (exact) mass is 236 g/mol. The largest absolute Gasteiger partial charge is 0.324 e. The first-order chi connectivity index (χ1) is 8.00. The second-order valence-corrected chi connectivity index (χ2v) is 6.27. The molecule has 2 unspecified atom stereocenters. The van der Waals surface area contributed by atoms with Gasteiger partial charge in [0.15, 0.2) is 0 Å². The first-order valence-corrected chi connectivity index (χ1v) is 6.64. The molecule has 3 fully saturated rings. The molecule has 2 saturated carbocycles. The Kier molecular flexibility index (Phi) is 2.34. The molecule has 2 atom stereocenters. The zero-order valence-corrected chi connectivity index (χ0v) is 10.3. The molecule has 0 bridgehead atoms. The van der Waals surface area contributed by atoms with Gasteiger partial charge in [-0.1, -0.05) is 6.92 Å². The Morgan fingerprint density at radius 2 is 1.76 bits per heavy atom. The lowest BCUT2D eigenvalue weighted by Gasteiger charge is -2.40. The zero-order chi connectivity index (χ0) is 12.2. The van der Waals surface area contributed by atoms with Crippen molar-refractivity contribution in [3.63, 3.8) is 0 Å². The third-order valence-electron chi connectivity index (χ3n) is 4.79. The van der Waals surface area contributed by atoms with Crippen molar-refractivity contribution in [2.24, 2.45) is 23.5 Å². The van der Waals surface area contributed by atoms with Crippen LogP contribution in [0.5, 0.6) is 0 Å². The Balaban J connectivity index is 1.75. The number of hydrogen-bond acceptors (Lipinski definition) is 3. The standard InChI is InChI=1S/C13H20N2O2/c1-8-5-9-10(6-8)12(17)15(11(9)16)7-13(14)3-2-4-13/h8-10H,2-7,14H2,1H3. The summed E-state index contributed by atoms with van der Waals surface area (Å²) < 4.78 is 0. The normalized spacial score (nSPS) is 39.4. The summed E-state index contributed by atoms with van der Waals surface area (Å²) in [6, 6.07) is 0. The first-order valence-electron chi connectivity index (χ1n) is 6.64. The van der Waals surface area contributed by atoms with Crippen molar-refractivity contribution in [1.29, 1.82) is 0 Å². The second kappa shape index (κ2) is 3.55. The number of nitrogens with two attached hydrogens (primary N) is 1. The van der Waals surface area contributed by atoms with Gasteiger partial charge in [-0.15, -0.1) is 0 Å². The first kappa shape index (κ1) is 11.2. The molecule has 4 heteroatoms. The van der Waals surface area contributed by atoms with Crippen LogP contribution in [0.4, 0.5) is 0 Å². The highest BCUT2D eigenvalue weighted by Crippen LogP contribution is 2.44. The molecule has 3 aliphatic rings. The number of amides is 2. The lowest BCUT2D eigenvalue weighted by atomic mass is 9.77. The smallest absolute Gasteiger partial charge is 0.233 e. The fourth-order valence-electron chi connectivity index (χ4n) is 3.61. The van der Waals surface area contributed by atoms with Crippen LogP contribution < -0.4 is 5.73 Å². The molecule has 2 N–H and O–H groups in total. The van der Waals surface area contributed by atoms with E-state index >= 15 is 0 Å². The molecule has 0 aromatic heterocycles. The summed E-state index contributed by atoms with van der Waals surface area (Å²) in [5.74, 6) is 0.514. The predicted octanol–water partition coefficient (Wildman–Crippen LogP) is 0.899. The van der Waals surface area contributed by atoms with Gasteiger partial charge in [-0.3, -0.25) is 14.5 Å². The quantitative estimate of drug-likeness (QED) is 0.724. The summed E-state index contributed by atoms with van der Waals surface area (Å²) in [7, 11) is 0. The van der Waals surface area contributed by atoms with E-state index in [1.807, 2.05) is 0 Å². The minimum absolute atomic E-state index is 0.0406. The molecule has 2 aliphatic carbocycles. The molecule has 3 rings (SSSR count). The molecule has 94 valence electrons. The lowest BCUT2D eigenvalue weighted by molar-refractivity contribution is -0.142. The van der Waals surface area contributed by atoms with Gasteiger partial charge in [-0.2, -0.15) is 0 Å². The van der Waals surface area contributed by atoms with Crippen LogP contribution in [-0.2, 0) is 9.59 Å². The van der Waals surface area contributed by atoms with E-state index in [0.29, 0.717) is 12.5 Å². The Bertz CT molecular complexity index is 352. The molecule has 4 nitrogen and oxygen atoms in total. The van der Waals surface area contributed by atoms with Gasteiger partial charge in [0, 0.05) is 12.1 Å². The summed E-state index contributed by atoms with van der Waals surface area (Å²) in [4.78, 5) is 25.9. The Hall–Kier alpha value is -0.900. The summed E-state index contributed by atoms with van der Waals surface area (Å²) in [5.41, 5.74) is 5.86. The van der Waals surface area contributed by atoms with Gasteiger partial charge in [0.05, 0.1) is 11.8 Å². The van der Waals surface area contributed by atoms with E-state index < -0.39 is 0 Å². The molecule has 2 amide bonds. The van der Waals surface area contributed by atoms with Crippen LogP contribution in [0.15, 0.2) is 0 Å². The van der Waals surface area contributed by atoms with E-state index in [9.17, 15) is 9.59 Å². The van der Waals surface area contributed by atoms with Crippen molar-refractivity contribution in [3.05, 3.63) is 0 Å². The van der Waals surface area contributed by atoms with Gasteiger partial charge >= 0.3 is 0 Å². The van der Waals surface area contributed by atoms with E-state index in [-0.39, 0.29) is 29.2 Å². The average Bonchev–Trinajstić information content (AvgIpc) is 2.71. The highest BCUT2D eigenvalue weighted by Gasteiger charge is 2.53. The van der Waals surface area contributed by atoms with Gasteiger partial charge in [-0.05, 0) is 38.0 Å². The average molecular weight is 236 g/mol. The number of likely N-dealkylation sites (tertiary alicyclic amines) is 1. The lowest BCUT2D eigenvalue weighted by Crippen LogP contribution is -2.56. The van der Waals surface area contributed by atoms with Crippen molar-refractivity contribution < 1.29 is 9.59 Å². The van der Waals surface area contributed by atoms with E-state index in [1.54, 1.807) is 0 Å². The predicted molar refractivity (Wildman–Crippen MR) is 62.9 cm³/mol. The number of hydrogen-bond donors (Lipinski definition) is 1. The molecule has 0 aromatic rings. The maximum atomic E-state index is 12.2.